The smallest absolute Gasteiger partial charge is 0.0802 e. The van der Waals surface area contributed by atoms with Crippen molar-refractivity contribution < 1.29 is 5.11 Å². The van der Waals surface area contributed by atoms with Crippen LogP contribution in [0.1, 0.15) is 35.1 Å². The summed E-state index contributed by atoms with van der Waals surface area (Å²) in [7, 11) is 0. The van der Waals surface area contributed by atoms with E-state index in [1.807, 2.05) is 42.5 Å². The first-order chi connectivity index (χ1) is 8.25. The molecule has 0 amide bonds. The summed E-state index contributed by atoms with van der Waals surface area (Å²) in [5.41, 5.74) is 3.52. The zero-order chi connectivity index (χ0) is 11.8. The van der Waals surface area contributed by atoms with Crippen LogP contribution in [-0.2, 0) is 0 Å². The molecule has 3 rings (SSSR count). The predicted octanol–water partition coefficient (Wildman–Crippen LogP) is 3.91. The molecular formula is C15H13ClO. The third kappa shape index (κ3) is 1.86. The van der Waals surface area contributed by atoms with Gasteiger partial charge in [-0.25, -0.2) is 0 Å². The second-order valence-electron chi connectivity index (χ2n) is 4.48. The number of hydrogen-bond acceptors (Lipinski definition) is 1. The molecule has 0 heterocycles. The summed E-state index contributed by atoms with van der Waals surface area (Å²) in [5, 5.41) is 10.8. The van der Waals surface area contributed by atoms with Crippen molar-refractivity contribution in [3.63, 3.8) is 0 Å². The lowest BCUT2D eigenvalue weighted by molar-refractivity contribution is 0.176. The van der Waals surface area contributed by atoms with Crippen LogP contribution in [0, 0.1) is 0 Å². The van der Waals surface area contributed by atoms with Crippen molar-refractivity contribution >= 4 is 11.6 Å². The molecule has 86 valence electrons. The van der Waals surface area contributed by atoms with Gasteiger partial charge in [0.2, 0.25) is 0 Å². The van der Waals surface area contributed by atoms with E-state index in [4.69, 9.17) is 11.6 Å². The summed E-state index contributed by atoms with van der Waals surface area (Å²) in [6.45, 7) is 0. The Morgan fingerprint density at radius 2 is 1.59 bits per heavy atom. The minimum Gasteiger partial charge on any atom is -0.388 e. The Balaban J connectivity index is 2.04. The lowest BCUT2D eigenvalue weighted by Gasteiger charge is -2.11. The highest BCUT2D eigenvalue weighted by Crippen LogP contribution is 2.43. The molecule has 0 saturated heterocycles. The van der Waals surface area contributed by atoms with Crippen molar-refractivity contribution in [1.82, 2.24) is 0 Å². The van der Waals surface area contributed by atoms with Gasteiger partial charge in [-0.1, -0.05) is 48.0 Å². The van der Waals surface area contributed by atoms with Crippen LogP contribution < -0.4 is 0 Å². The zero-order valence-corrected chi connectivity index (χ0v) is 10.1. The molecular weight excluding hydrogens is 232 g/mol. The van der Waals surface area contributed by atoms with Gasteiger partial charge in [0, 0.05) is 10.9 Å². The molecule has 0 aromatic heterocycles. The van der Waals surface area contributed by atoms with Gasteiger partial charge < -0.3 is 5.11 Å². The van der Waals surface area contributed by atoms with Gasteiger partial charge in [0.1, 0.15) is 0 Å². The van der Waals surface area contributed by atoms with E-state index in [2.05, 4.69) is 6.07 Å². The van der Waals surface area contributed by atoms with E-state index in [0.717, 1.165) is 17.0 Å². The highest BCUT2D eigenvalue weighted by molar-refractivity contribution is 6.30. The number of aliphatic hydroxyl groups is 1. The van der Waals surface area contributed by atoms with Crippen molar-refractivity contribution in [2.24, 2.45) is 0 Å². The fourth-order valence-electron chi connectivity index (χ4n) is 2.62. The zero-order valence-electron chi connectivity index (χ0n) is 9.31. The van der Waals surface area contributed by atoms with Crippen LogP contribution in [0.2, 0.25) is 5.02 Å². The Morgan fingerprint density at radius 3 is 2.29 bits per heavy atom. The van der Waals surface area contributed by atoms with Gasteiger partial charge in [-0.3, -0.25) is 0 Å². The van der Waals surface area contributed by atoms with E-state index >= 15 is 0 Å². The maximum absolute atomic E-state index is 10.0. The van der Waals surface area contributed by atoms with E-state index in [-0.39, 0.29) is 6.10 Å². The Bertz CT molecular complexity index is 533. The van der Waals surface area contributed by atoms with Crippen LogP contribution in [0.3, 0.4) is 0 Å². The molecule has 0 radical (unpaired) electrons. The number of aliphatic hydroxyl groups excluding tert-OH is 1. The van der Waals surface area contributed by atoms with E-state index in [1.54, 1.807) is 0 Å². The molecule has 2 aromatic carbocycles. The van der Waals surface area contributed by atoms with Gasteiger partial charge in [0.05, 0.1) is 6.10 Å². The lowest BCUT2D eigenvalue weighted by atomic mass is 9.93. The molecule has 2 heteroatoms. The summed E-state index contributed by atoms with van der Waals surface area (Å²) < 4.78 is 0. The summed E-state index contributed by atoms with van der Waals surface area (Å²) in [6, 6.07) is 16.0. The number of benzene rings is 2. The van der Waals surface area contributed by atoms with E-state index < -0.39 is 0 Å². The monoisotopic (exact) mass is 244 g/mol. The van der Waals surface area contributed by atoms with Crippen LogP contribution in [0.25, 0.3) is 0 Å². The first-order valence-electron chi connectivity index (χ1n) is 5.78. The van der Waals surface area contributed by atoms with Gasteiger partial charge >= 0.3 is 0 Å². The second-order valence-corrected chi connectivity index (χ2v) is 4.92. The lowest BCUT2D eigenvalue weighted by Crippen LogP contribution is -1.95. The number of fused-ring (bicyclic) bond motifs is 1. The summed E-state index contributed by atoms with van der Waals surface area (Å²) in [4.78, 5) is 0. The van der Waals surface area contributed by atoms with Crippen LogP contribution in [0.15, 0.2) is 48.5 Å². The Kier molecular flexibility index (Phi) is 2.65. The molecule has 2 atom stereocenters. The van der Waals surface area contributed by atoms with Crippen LogP contribution in [-0.4, -0.2) is 5.11 Å². The normalized spacial score (nSPS) is 22.5. The molecule has 0 fully saturated rings. The molecule has 0 unspecified atom stereocenters. The standard InChI is InChI=1S/C15H13ClO/c16-11-7-5-10(6-8-11)14-9-15(17)13-4-2-1-3-12(13)14/h1-8,14-15,17H,9H2/t14-,15-/m0/s1. The minimum atomic E-state index is -0.341. The molecule has 0 bridgehead atoms. The van der Waals surface area contributed by atoms with E-state index in [0.29, 0.717) is 5.92 Å². The average Bonchev–Trinajstić information content (AvgIpc) is 2.69. The van der Waals surface area contributed by atoms with E-state index in [9.17, 15) is 5.11 Å². The third-order valence-corrected chi connectivity index (χ3v) is 3.71. The summed E-state index contributed by atoms with van der Waals surface area (Å²) in [6.07, 6.45) is 0.424. The van der Waals surface area contributed by atoms with Crippen molar-refractivity contribution in [3.8, 4) is 0 Å². The van der Waals surface area contributed by atoms with Crippen molar-refractivity contribution in [2.45, 2.75) is 18.4 Å². The number of halogens is 1. The Labute approximate surface area is 106 Å². The molecule has 2 aromatic rings. The third-order valence-electron chi connectivity index (χ3n) is 3.46. The summed E-state index contributed by atoms with van der Waals surface area (Å²) >= 11 is 5.90. The summed E-state index contributed by atoms with van der Waals surface area (Å²) in [5.74, 6) is 0.290. The van der Waals surface area contributed by atoms with E-state index in [1.165, 1.54) is 11.1 Å². The largest absolute Gasteiger partial charge is 0.388 e. The molecule has 1 aliphatic rings. The maximum Gasteiger partial charge on any atom is 0.0802 e. The fourth-order valence-corrected chi connectivity index (χ4v) is 2.75. The SMILES string of the molecule is O[C@H]1C[C@@H](c2ccc(Cl)cc2)c2ccccc21. The first-order valence-corrected chi connectivity index (χ1v) is 6.16. The van der Waals surface area contributed by atoms with Crippen molar-refractivity contribution in [2.75, 3.05) is 0 Å². The molecule has 1 N–H and O–H groups in total. The van der Waals surface area contributed by atoms with Gasteiger partial charge in [0.25, 0.3) is 0 Å². The van der Waals surface area contributed by atoms with Crippen LogP contribution in [0.4, 0.5) is 0 Å². The highest BCUT2D eigenvalue weighted by atomic mass is 35.5. The molecule has 17 heavy (non-hydrogen) atoms. The first kappa shape index (κ1) is 10.8. The fraction of sp³-hybridized carbons (Fsp3) is 0.200. The second kappa shape index (κ2) is 4.17. The number of hydrogen-bond donors (Lipinski definition) is 1. The molecule has 1 nitrogen and oxygen atoms in total. The van der Waals surface area contributed by atoms with Gasteiger partial charge in [-0.05, 0) is 35.2 Å². The highest BCUT2D eigenvalue weighted by Gasteiger charge is 2.29. The Hall–Kier alpha value is -1.31. The number of rotatable bonds is 1. The van der Waals surface area contributed by atoms with Gasteiger partial charge in [-0.2, -0.15) is 0 Å². The van der Waals surface area contributed by atoms with Crippen molar-refractivity contribution in [3.05, 3.63) is 70.2 Å². The van der Waals surface area contributed by atoms with Crippen LogP contribution >= 0.6 is 11.6 Å². The molecule has 1 aliphatic carbocycles. The van der Waals surface area contributed by atoms with Gasteiger partial charge in [-0.15, -0.1) is 0 Å². The van der Waals surface area contributed by atoms with Crippen molar-refractivity contribution in [1.29, 1.82) is 0 Å². The topological polar surface area (TPSA) is 20.2 Å². The predicted molar refractivity (Wildman–Crippen MR) is 69.3 cm³/mol. The molecule has 0 saturated carbocycles. The molecule has 0 spiro atoms. The average molecular weight is 245 g/mol. The maximum atomic E-state index is 10.0. The minimum absolute atomic E-state index is 0.290. The Morgan fingerprint density at radius 1 is 0.941 bits per heavy atom. The van der Waals surface area contributed by atoms with Crippen LogP contribution in [0.5, 0.6) is 0 Å². The quantitative estimate of drug-likeness (QED) is 0.807. The van der Waals surface area contributed by atoms with Gasteiger partial charge in [0.15, 0.2) is 0 Å². The molecule has 0 aliphatic heterocycles.